The highest BCUT2D eigenvalue weighted by Gasteiger charge is 2.23. The zero-order chi connectivity index (χ0) is 17.9. The van der Waals surface area contributed by atoms with E-state index in [1.54, 1.807) is 35.6 Å². The molecular weight excluding hydrogens is 378 g/mol. The highest BCUT2D eigenvalue weighted by molar-refractivity contribution is 9.10. The fourth-order valence-electron chi connectivity index (χ4n) is 1.99. The van der Waals surface area contributed by atoms with E-state index in [0.29, 0.717) is 23.2 Å². The molecule has 8 nitrogen and oxygen atoms in total. The first-order chi connectivity index (χ1) is 11.3. The van der Waals surface area contributed by atoms with Crippen LogP contribution in [-0.2, 0) is 17.8 Å². The number of hydrogen-bond donors (Lipinski definition) is 1. The molecule has 9 heteroatoms. The lowest BCUT2D eigenvalue weighted by Crippen LogP contribution is -2.18. The van der Waals surface area contributed by atoms with Gasteiger partial charge in [0.05, 0.1) is 16.3 Å². The Hall–Kier alpha value is -2.16. The fraction of sp³-hybridized carbons (Fsp3) is 0.467. The summed E-state index contributed by atoms with van der Waals surface area (Å²) in [6.45, 7) is 8.52. The number of hydrogen-bond acceptors (Lipinski definition) is 5. The Labute approximate surface area is 148 Å². The van der Waals surface area contributed by atoms with Gasteiger partial charge in [-0.25, -0.2) is 4.79 Å². The molecule has 0 bridgehead atoms. The van der Waals surface area contributed by atoms with Crippen molar-refractivity contribution < 1.29 is 14.3 Å². The van der Waals surface area contributed by atoms with E-state index in [0.717, 1.165) is 0 Å². The quantitative estimate of drug-likeness (QED) is 0.756. The summed E-state index contributed by atoms with van der Waals surface area (Å²) in [5.74, 6) is -1.01. The maximum absolute atomic E-state index is 12.5. The molecule has 0 fully saturated rings. The molecule has 0 unspecified atom stereocenters. The predicted molar refractivity (Wildman–Crippen MR) is 92.0 cm³/mol. The second-order valence-corrected chi connectivity index (χ2v) is 6.19. The Balaban J connectivity index is 2.27. The summed E-state index contributed by atoms with van der Waals surface area (Å²) >= 11 is 3.31. The molecule has 1 amide bonds. The van der Waals surface area contributed by atoms with Gasteiger partial charge in [0.25, 0.3) is 5.91 Å². The minimum Gasteiger partial charge on any atom is -0.458 e. The van der Waals surface area contributed by atoms with Crippen LogP contribution in [0.2, 0.25) is 0 Å². The first-order valence-corrected chi connectivity index (χ1v) is 8.47. The van der Waals surface area contributed by atoms with Gasteiger partial charge in [-0.1, -0.05) is 0 Å². The molecule has 0 radical (unpaired) electrons. The normalized spacial score (nSPS) is 10.9. The van der Waals surface area contributed by atoms with Crippen LogP contribution in [0.3, 0.4) is 0 Å². The monoisotopic (exact) mass is 397 g/mol. The SMILES string of the molecule is CCn1cc(Br)c(C(=O)Nc2cn(CC)nc2C(=O)OC(C)C)n1. The van der Waals surface area contributed by atoms with E-state index in [1.807, 2.05) is 13.8 Å². The fourth-order valence-corrected chi connectivity index (χ4v) is 2.49. The van der Waals surface area contributed by atoms with Crippen LogP contribution in [0.1, 0.15) is 48.7 Å². The third-order valence-corrected chi connectivity index (χ3v) is 3.71. The number of esters is 1. The van der Waals surface area contributed by atoms with Gasteiger partial charge in [-0.2, -0.15) is 10.2 Å². The van der Waals surface area contributed by atoms with Crippen molar-refractivity contribution in [1.29, 1.82) is 0 Å². The number of carbonyl (C=O) groups is 2. The number of amides is 1. The van der Waals surface area contributed by atoms with Gasteiger partial charge >= 0.3 is 5.97 Å². The molecule has 2 heterocycles. The van der Waals surface area contributed by atoms with E-state index >= 15 is 0 Å². The average Bonchev–Trinajstić information content (AvgIpc) is 3.09. The number of rotatable bonds is 6. The van der Waals surface area contributed by atoms with Gasteiger partial charge in [-0.05, 0) is 43.6 Å². The van der Waals surface area contributed by atoms with E-state index in [4.69, 9.17) is 4.74 Å². The molecule has 0 aromatic carbocycles. The van der Waals surface area contributed by atoms with Crippen molar-refractivity contribution in [3.8, 4) is 0 Å². The van der Waals surface area contributed by atoms with Crippen LogP contribution < -0.4 is 5.32 Å². The maximum Gasteiger partial charge on any atom is 0.361 e. The molecule has 0 atom stereocenters. The highest BCUT2D eigenvalue weighted by atomic mass is 79.9. The van der Waals surface area contributed by atoms with Crippen molar-refractivity contribution in [2.75, 3.05) is 5.32 Å². The largest absolute Gasteiger partial charge is 0.458 e. The number of anilines is 1. The first kappa shape index (κ1) is 18.2. The Morgan fingerprint density at radius 2 is 1.75 bits per heavy atom. The van der Waals surface area contributed by atoms with Crippen LogP contribution in [0.15, 0.2) is 16.9 Å². The van der Waals surface area contributed by atoms with Gasteiger partial charge in [0.1, 0.15) is 0 Å². The lowest BCUT2D eigenvalue weighted by atomic mass is 10.3. The van der Waals surface area contributed by atoms with E-state index in [9.17, 15) is 9.59 Å². The molecule has 0 saturated heterocycles. The molecule has 1 N–H and O–H groups in total. The van der Waals surface area contributed by atoms with Gasteiger partial charge in [0.2, 0.25) is 0 Å². The maximum atomic E-state index is 12.5. The Kier molecular flexibility index (Phi) is 5.76. The van der Waals surface area contributed by atoms with E-state index in [-0.39, 0.29) is 17.5 Å². The van der Waals surface area contributed by atoms with E-state index in [2.05, 4.69) is 31.4 Å². The number of aryl methyl sites for hydroxylation is 2. The van der Waals surface area contributed by atoms with Crippen molar-refractivity contribution in [3.05, 3.63) is 28.3 Å². The third-order valence-electron chi connectivity index (χ3n) is 3.13. The molecule has 0 saturated carbocycles. The molecule has 0 aliphatic carbocycles. The second-order valence-electron chi connectivity index (χ2n) is 5.34. The summed E-state index contributed by atoms with van der Waals surface area (Å²) in [4.78, 5) is 24.6. The molecule has 0 aliphatic heterocycles. The number of ether oxygens (including phenoxy) is 1. The van der Waals surface area contributed by atoms with E-state index in [1.165, 1.54) is 0 Å². The van der Waals surface area contributed by atoms with Gasteiger partial charge in [-0.15, -0.1) is 0 Å². The van der Waals surface area contributed by atoms with Gasteiger partial charge in [-0.3, -0.25) is 14.2 Å². The minimum atomic E-state index is -0.578. The molecule has 130 valence electrons. The summed E-state index contributed by atoms with van der Waals surface area (Å²) in [5, 5.41) is 11.0. The Morgan fingerprint density at radius 1 is 1.17 bits per heavy atom. The van der Waals surface area contributed by atoms with Crippen LogP contribution in [0.4, 0.5) is 5.69 Å². The number of carbonyl (C=O) groups excluding carboxylic acids is 2. The zero-order valence-electron chi connectivity index (χ0n) is 14.0. The van der Waals surface area contributed by atoms with Crippen LogP contribution >= 0.6 is 15.9 Å². The number of halogens is 1. The summed E-state index contributed by atoms with van der Waals surface area (Å²) in [5.41, 5.74) is 0.611. The number of nitrogens with one attached hydrogen (secondary N) is 1. The van der Waals surface area contributed by atoms with Crippen molar-refractivity contribution in [2.24, 2.45) is 0 Å². The van der Waals surface area contributed by atoms with Gasteiger partial charge < -0.3 is 10.1 Å². The zero-order valence-corrected chi connectivity index (χ0v) is 15.6. The van der Waals surface area contributed by atoms with Gasteiger partial charge in [0, 0.05) is 25.5 Å². The number of aromatic nitrogens is 4. The highest BCUT2D eigenvalue weighted by Crippen LogP contribution is 2.20. The minimum absolute atomic E-state index is 0.0740. The summed E-state index contributed by atoms with van der Waals surface area (Å²) in [6, 6.07) is 0. The van der Waals surface area contributed by atoms with Crippen LogP contribution in [0.25, 0.3) is 0 Å². The topological polar surface area (TPSA) is 91.0 Å². The Bertz CT molecular complexity index is 750. The van der Waals surface area contributed by atoms with E-state index < -0.39 is 11.9 Å². The van der Waals surface area contributed by atoms with Crippen molar-refractivity contribution in [2.45, 2.75) is 46.9 Å². The lowest BCUT2D eigenvalue weighted by molar-refractivity contribution is 0.0371. The summed E-state index contributed by atoms with van der Waals surface area (Å²) < 4.78 is 8.95. The van der Waals surface area contributed by atoms with Crippen LogP contribution in [-0.4, -0.2) is 37.5 Å². The smallest absolute Gasteiger partial charge is 0.361 e. The second kappa shape index (κ2) is 7.61. The lowest BCUT2D eigenvalue weighted by Gasteiger charge is -2.07. The summed E-state index contributed by atoms with van der Waals surface area (Å²) in [7, 11) is 0. The number of nitrogens with zero attached hydrogens (tertiary/aromatic N) is 4. The standard InChI is InChI=1S/C15H20BrN5O3/c1-5-20-7-10(16)12(18-20)14(22)17-11-8-21(6-2)19-13(11)15(23)24-9(3)4/h7-9H,5-6H2,1-4H3,(H,17,22). The third kappa shape index (κ3) is 4.02. The molecule has 0 aliphatic rings. The Morgan fingerprint density at radius 3 is 2.29 bits per heavy atom. The van der Waals surface area contributed by atoms with Crippen molar-refractivity contribution in [3.63, 3.8) is 0 Å². The van der Waals surface area contributed by atoms with Crippen LogP contribution in [0.5, 0.6) is 0 Å². The van der Waals surface area contributed by atoms with Crippen LogP contribution in [0, 0.1) is 0 Å². The molecule has 2 aromatic heterocycles. The average molecular weight is 398 g/mol. The van der Waals surface area contributed by atoms with Gasteiger partial charge in [0.15, 0.2) is 11.4 Å². The molecule has 2 rings (SSSR count). The van der Waals surface area contributed by atoms with Crippen molar-refractivity contribution in [1.82, 2.24) is 19.6 Å². The molecule has 2 aromatic rings. The first-order valence-electron chi connectivity index (χ1n) is 7.68. The molecule has 24 heavy (non-hydrogen) atoms. The van der Waals surface area contributed by atoms with Crippen molar-refractivity contribution >= 4 is 33.5 Å². The predicted octanol–water partition coefficient (Wildman–Crippen LogP) is 2.70. The molecule has 0 spiro atoms. The molecular formula is C15H20BrN5O3. The summed E-state index contributed by atoms with van der Waals surface area (Å²) in [6.07, 6.45) is 3.04.